The van der Waals surface area contributed by atoms with Crippen LogP contribution in [-0.4, -0.2) is 44.3 Å². The van der Waals surface area contributed by atoms with Gasteiger partial charge in [-0.05, 0) is 18.8 Å². The van der Waals surface area contributed by atoms with E-state index in [1.807, 2.05) is 0 Å². The fourth-order valence-corrected chi connectivity index (χ4v) is 4.30. The van der Waals surface area contributed by atoms with Gasteiger partial charge in [-0.1, -0.05) is 0 Å². The fraction of sp³-hybridized carbons (Fsp3) is 0.818. The summed E-state index contributed by atoms with van der Waals surface area (Å²) in [6.45, 7) is 0.435. The quantitative estimate of drug-likeness (QED) is 0.702. The molecule has 7 heteroatoms. The maximum atomic E-state index is 11.6. The van der Waals surface area contributed by atoms with E-state index in [0.29, 0.717) is 19.4 Å². The molecule has 102 valence electrons. The summed E-state index contributed by atoms with van der Waals surface area (Å²) in [6.07, 6.45) is 2.11. The van der Waals surface area contributed by atoms with Gasteiger partial charge in [0.25, 0.3) is 0 Å². The van der Waals surface area contributed by atoms with Gasteiger partial charge in [0.15, 0.2) is 9.84 Å². The van der Waals surface area contributed by atoms with Crippen molar-refractivity contribution in [3.8, 4) is 0 Å². The summed E-state index contributed by atoms with van der Waals surface area (Å²) in [5, 5.41) is 5.52. The van der Waals surface area contributed by atoms with Crippen LogP contribution in [-0.2, 0) is 19.4 Å². The van der Waals surface area contributed by atoms with Gasteiger partial charge in [0.05, 0.1) is 11.5 Å². The molecule has 0 bridgehead atoms. The van der Waals surface area contributed by atoms with E-state index < -0.39 is 9.84 Å². The minimum Gasteiger partial charge on any atom is -0.354 e. The molecular formula is C11H18N2O4S. The van der Waals surface area contributed by atoms with Crippen molar-refractivity contribution in [3.05, 3.63) is 0 Å². The molecule has 0 spiro atoms. The molecule has 0 radical (unpaired) electrons. The van der Waals surface area contributed by atoms with Gasteiger partial charge in [-0.2, -0.15) is 0 Å². The van der Waals surface area contributed by atoms with Crippen LogP contribution in [0.3, 0.4) is 0 Å². The second-order valence-electron chi connectivity index (χ2n) is 5.08. The molecule has 0 aromatic rings. The van der Waals surface area contributed by atoms with Gasteiger partial charge in [0, 0.05) is 25.4 Å². The predicted molar refractivity (Wildman–Crippen MR) is 65.6 cm³/mol. The summed E-state index contributed by atoms with van der Waals surface area (Å²) >= 11 is 0. The Labute approximate surface area is 106 Å². The van der Waals surface area contributed by atoms with Gasteiger partial charge in [-0.25, -0.2) is 8.42 Å². The number of carbonyl (C=O) groups is 2. The van der Waals surface area contributed by atoms with E-state index in [4.69, 9.17) is 0 Å². The van der Waals surface area contributed by atoms with Crippen molar-refractivity contribution in [1.29, 1.82) is 0 Å². The fourth-order valence-electron chi connectivity index (χ4n) is 2.43. The maximum absolute atomic E-state index is 11.6. The number of sulfone groups is 1. The highest BCUT2D eigenvalue weighted by Gasteiger charge is 2.29. The van der Waals surface area contributed by atoms with Crippen LogP contribution in [0.4, 0.5) is 0 Å². The number of hydrogen-bond donors (Lipinski definition) is 2. The monoisotopic (exact) mass is 274 g/mol. The smallest absolute Gasteiger partial charge is 0.220 e. The summed E-state index contributed by atoms with van der Waals surface area (Å²) in [4.78, 5) is 22.6. The van der Waals surface area contributed by atoms with Crippen molar-refractivity contribution in [2.75, 3.05) is 18.1 Å². The molecule has 0 aromatic heterocycles. The first-order chi connectivity index (χ1) is 8.44. The van der Waals surface area contributed by atoms with E-state index in [2.05, 4.69) is 10.6 Å². The van der Waals surface area contributed by atoms with Crippen LogP contribution in [0.15, 0.2) is 0 Å². The normalized spacial score (nSPS) is 30.1. The predicted octanol–water partition coefficient (Wildman–Crippen LogP) is -0.794. The van der Waals surface area contributed by atoms with Gasteiger partial charge in [-0.15, -0.1) is 0 Å². The number of amides is 2. The minimum atomic E-state index is -2.92. The van der Waals surface area contributed by atoms with Crippen LogP contribution in [0.5, 0.6) is 0 Å². The van der Waals surface area contributed by atoms with Crippen molar-refractivity contribution in [2.24, 2.45) is 5.92 Å². The molecule has 2 atom stereocenters. The number of hydrogen-bond acceptors (Lipinski definition) is 4. The molecule has 2 heterocycles. The van der Waals surface area contributed by atoms with Crippen molar-refractivity contribution >= 4 is 21.7 Å². The molecular weight excluding hydrogens is 256 g/mol. The highest BCUT2D eigenvalue weighted by Crippen LogP contribution is 2.21. The highest BCUT2D eigenvalue weighted by molar-refractivity contribution is 7.91. The van der Waals surface area contributed by atoms with E-state index >= 15 is 0 Å². The van der Waals surface area contributed by atoms with E-state index in [0.717, 1.165) is 6.42 Å². The second kappa shape index (κ2) is 5.26. The third kappa shape index (κ3) is 3.69. The van der Waals surface area contributed by atoms with Crippen molar-refractivity contribution in [1.82, 2.24) is 10.6 Å². The average Bonchev–Trinajstić information content (AvgIpc) is 2.82. The minimum absolute atomic E-state index is 0.0220. The van der Waals surface area contributed by atoms with Crippen molar-refractivity contribution in [3.63, 3.8) is 0 Å². The summed E-state index contributed by atoms with van der Waals surface area (Å²) in [7, 11) is -2.92. The van der Waals surface area contributed by atoms with Gasteiger partial charge in [0.1, 0.15) is 0 Å². The largest absolute Gasteiger partial charge is 0.354 e. The third-order valence-electron chi connectivity index (χ3n) is 3.43. The van der Waals surface area contributed by atoms with Gasteiger partial charge < -0.3 is 10.6 Å². The molecule has 18 heavy (non-hydrogen) atoms. The molecule has 2 aliphatic heterocycles. The van der Waals surface area contributed by atoms with E-state index in [9.17, 15) is 18.0 Å². The molecule has 2 aliphatic rings. The molecule has 2 rings (SSSR count). The van der Waals surface area contributed by atoms with Crippen LogP contribution in [0, 0.1) is 5.92 Å². The van der Waals surface area contributed by atoms with Crippen LogP contribution >= 0.6 is 0 Å². The number of carbonyl (C=O) groups excluding carboxylic acids is 2. The third-order valence-corrected chi connectivity index (χ3v) is 5.27. The van der Waals surface area contributed by atoms with Crippen LogP contribution in [0.25, 0.3) is 0 Å². The Hall–Kier alpha value is -1.11. The van der Waals surface area contributed by atoms with E-state index in [1.165, 1.54) is 0 Å². The summed E-state index contributed by atoms with van der Waals surface area (Å²) in [5.41, 5.74) is 0. The highest BCUT2D eigenvalue weighted by atomic mass is 32.2. The zero-order valence-electron chi connectivity index (χ0n) is 10.1. The average molecular weight is 274 g/mol. The molecule has 2 N–H and O–H groups in total. The molecule has 2 fully saturated rings. The first kappa shape index (κ1) is 13.3. The number of nitrogens with one attached hydrogen (secondary N) is 2. The Bertz CT molecular complexity index is 446. The molecule has 6 nitrogen and oxygen atoms in total. The summed E-state index contributed by atoms with van der Waals surface area (Å²) < 4.78 is 22.5. The lowest BCUT2D eigenvalue weighted by Gasteiger charge is -2.12. The van der Waals surface area contributed by atoms with Gasteiger partial charge in [0.2, 0.25) is 11.8 Å². The first-order valence-corrected chi connectivity index (χ1v) is 8.03. The molecule has 0 aliphatic carbocycles. The SMILES string of the molecule is O=C(CC1CCS(=O)(=O)C1)NCC1CCC(=O)N1. The van der Waals surface area contributed by atoms with Gasteiger partial charge >= 0.3 is 0 Å². The maximum Gasteiger partial charge on any atom is 0.220 e. The Morgan fingerprint density at radius 1 is 1.39 bits per heavy atom. The summed E-state index contributed by atoms with van der Waals surface area (Å²) in [5.74, 6) is 0.173. The lowest BCUT2D eigenvalue weighted by molar-refractivity contribution is -0.122. The van der Waals surface area contributed by atoms with E-state index in [-0.39, 0.29) is 41.7 Å². The Kier molecular flexibility index (Phi) is 3.89. The van der Waals surface area contributed by atoms with Crippen LogP contribution < -0.4 is 10.6 Å². The van der Waals surface area contributed by atoms with E-state index in [1.54, 1.807) is 0 Å². The first-order valence-electron chi connectivity index (χ1n) is 6.21. The lowest BCUT2D eigenvalue weighted by atomic mass is 10.0. The second-order valence-corrected chi connectivity index (χ2v) is 7.31. The zero-order valence-corrected chi connectivity index (χ0v) is 11.0. The standard InChI is InChI=1S/C11H18N2O4S/c14-10-2-1-9(13-10)6-12-11(15)5-8-3-4-18(16,17)7-8/h8-9H,1-7H2,(H,12,15)(H,13,14). The zero-order chi connectivity index (χ0) is 13.2. The number of rotatable bonds is 4. The van der Waals surface area contributed by atoms with Crippen LogP contribution in [0.2, 0.25) is 0 Å². The topological polar surface area (TPSA) is 92.3 Å². The lowest BCUT2D eigenvalue weighted by Crippen LogP contribution is -2.38. The molecule has 0 aromatic carbocycles. The van der Waals surface area contributed by atoms with Crippen LogP contribution in [0.1, 0.15) is 25.7 Å². The van der Waals surface area contributed by atoms with Crippen molar-refractivity contribution < 1.29 is 18.0 Å². The van der Waals surface area contributed by atoms with Gasteiger partial charge in [-0.3, -0.25) is 9.59 Å². The Morgan fingerprint density at radius 3 is 2.72 bits per heavy atom. The molecule has 0 saturated carbocycles. The molecule has 2 unspecified atom stereocenters. The van der Waals surface area contributed by atoms with Crippen molar-refractivity contribution in [2.45, 2.75) is 31.7 Å². The molecule has 2 saturated heterocycles. The molecule has 2 amide bonds. The summed E-state index contributed by atoms with van der Waals surface area (Å²) in [6, 6.07) is 0.0220. The Morgan fingerprint density at radius 2 is 2.17 bits per heavy atom. The Balaban J connectivity index is 1.68.